The van der Waals surface area contributed by atoms with Gasteiger partial charge in [0.2, 0.25) is 0 Å². The lowest BCUT2D eigenvalue weighted by atomic mass is 10.3. The molecular formula is C4H6N3O3S-. The summed E-state index contributed by atoms with van der Waals surface area (Å²) in [5, 5.41) is 4.71. The van der Waals surface area contributed by atoms with Gasteiger partial charge in [-0.25, -0.2) is 4.79 Å². The van der Waals surface area contributed by atoms with Crippen LogP contribution in [0.15, 0.2) is 4.40 Å². The molecule has 6 nitrogen and oxygen atoms in total. The Morgan fingerprint density at radius 3 is 2.91 bits per heavy atom. The zero-order valence-electron chi connectivity index (χ0n) is 5.49. The van der Waals surface area contributed by atoms with Crippen LogP contribution in [0.1, 0.15) is 6.42 Å². The summed E-state index contributed by atoms with van der Waals surface area (Å²) >= 11 is -2.48. The molecule has 1 rings (SSSR count). The highest BCUT2D eigenvalue weighted by atomic mass is 32.2. The highest BCUT2D eigenvalue weighted by Crippen LogP contribution is 1.90. The van der Waals surface area contributed by atoms with Gasteiger partial charge in [0.15, 0.2) is 0 Å². The molecule has 0 aromatic carbocycles. The monoisotopic (exact) mass is 176 g/mol. The summed E-state index contributed by atoms with van der Waals surface area (Å²) < 4.78 is 23.2. The molecule has 1 saturated heterocycles. The lowest BCUT2D eigenvalue weighted by Crippen LogP contribution is -2.46. The van der Waals surface area contributed by atoms with Crippen molar-refractivity contribution in [2.24, 2.45) is 4.40 Å². The third-order valence-electron chi connectivity index (χ3n) is 1.09. The third-order valence-corrected chi connectivity index (χ3v) is 1.46. The first-order valence-electron chi connectivity index (χ1n) is 2.90. The highest BCUT2D eigenvalue weighted by molar-refractivity contribution is 7.77. The van der Waals surface area contributed by atoms with Crippen molar-refractivity contribution in [1.29, 1.82) is 0 Å². The first kappa shape index (κ1) is 8.15. The van der Waals surface area contributed by atoms with Crippen molar-refractivity contribution in [3.05, 3.63) is 0 Å². The molecule has 1 heterocycles. The fourth-order valence-electron chi connectivity index (χ4n) is 0.691. The van der Waals surface area contributed by atoms with Crippen molar-refractivity contribution in [3.8, 4) is 0 Å². The van der Waals surface area contributed by atoms with Crippen LogP contribution < -0.4 is 10.6 Å². The standard InChI is InChI=1S/C4H7N3O3S/c8-4-5-2-1-3(6-4)7-11(9)10/h1-2H2,(H,9,10)(H2,5,6,7,8)/p-1. The maximum absolute atomic E-state index is 10.6. The number of amides is 2. The second kappa shape index (κ2) is 3.44. The van der Waals surface area contributed by atoms with Crippen molar-refractivity contribution in [2.45, 2.75) is 6.42 Å². The Labute approximate surface area is 65.5 Å². The van der Waals surface area contributed by atoms with Crippen LogP contribution in [-0.2, 0) is 11.3 Å². The average Bonchev–Trinajstić information content (AvgIpc) is 1.85. The minimum atomic E-state index is -2.48. The minimum absolute atomic E-state index is 0.182. The molecule has 0 saturated carbocycles. The summed E-state index contributed by atoms with van der Waals surface area (Å²) in [4.78, 5) is 10.6. The van der Waals surface area contributed by atoms with E-state index in [-0.39, 0.29) is 5.84 Å². The van der Waals surface area contributed by atoms with Crippen LogP contribution in [0.5, 0.6) is 0 Å². The Bertz CT molecular complexity index is 227. The van der Waals surface area contributed by atoms with Crippen LogP contribution in [0.2, 0.25) is 0 Å². The van der Waals surface area contributed by atoms with E-state index < -0.39 is 17.3 Å². The van der Waals surface area contributed by atoms with Gasteiger partial charge in [0.1, 0.15) is 5.84 Å². The lowest BCUT2D eigenvalue weighted by molar-refractivity contribution is 0.243. The van der Waals surface area contributed by atoms with E-state index in [9.17, 15) is 13.6 Å². The molecule has 2 amide bonds. The molecule has 1 unspecified atom stereocenters. The summed E-state index contributed by atoms with van der Waals surface area (Å²) in [6.07, 6.45) is 0.416. The Hall–Kier alpha value is -0.950. The number of nitrogens with one attached hydrogen (secondary N) is 2. The molecule has 1 aliphatic heterocycles. The molecule has 2 N–H and O–H groups in total. The molecule has 1 fully saturated rings. The number of amidine groups is 1. The van der Waals surface area contributed by atoms with Gasteiger partial charge in [0.05, 0.1) is 11.3 Å². The predicted molar refractivity (Wildman–Crippen MR) is 37.5 cm³/mol. The van der Waals surface area contributed by atoms with Crippen molar-refractivity contribution in [2.75, 3.05) is 6.54 Å². The number of hydrogen-bond donors (Lipinski definition) is 2. The molecule has 0 bridgehead atoms. The molecule has 1 aliphatic rings. The van der Waals surface area contributed by atoms with Gasteiger partial charge in [-0.05, 0) is 0 Å². The first-order chi connectivity index (χ1) is 5.18. The van der Waals surface area contributed by atoms with E-state index in [4.69, 9.17) is 0 Å². The smallest absolute Gasteiger partial charge is 0.320 e. The number of rotatable bonds is 1. The Morgan fingerprint density at radius 1 is 1.64 bits per heavy atom. The number of carbonyl (C=O) groups is 1. The van der Waals surface area contributed by atoms with E-state index >= 15 is 0 Å². The second-order valence-electron chi connectivity index (χ2n) is 1.89. The van der Waals surface area contributed by atoms with E-state index in [1.807, 2.05) is 0 Å². The van der Waals surface area contributed by atoms with Gasteiger partial charge in [0, 0.05) is 13.0 Å². The van der Waals surface area contributed by atoms with E-state index in [1.54, 1.807) is 0 Å². The van der Waals surface area contributed by atoms with Crippen LogP contribution in [0.25, 0.3) is 0 Å². The van der Waals surface area contributed by atoms with Crippen molar-refractivity contribution < 1.29 is 13.6 Å². The first-order valence-corrected chi connectivity index (χ1v) is 3.93. The summed E-state index contributed by atoms with van der Waals surface area (Å²) in [7, 11) is 0. The number of carbonyl (C=O) groups excluding carboxylic acids is 1. The molecule has 0 aromatic rings. The van der Waals surface area contributed by atoms with Crippen molar-refractivity contribution >= 4 is 23.1 Å². The molecular weight excluding hydrogens is 170 g/mol. The third kappa shape index (κ3) is 2.64. The zero-order valence-corrected chi connectivity index (χ0v) is 6.31. The minimum Gasteiger partial charge on any atom is -0.754 e. The lowest BCUT2D eigenvalue weighted by Gasteiger charge is -2.15. The van der Waals surface area contributed by atoms with Gasteiger partial charge < -0.3 is 9.87 Å². The molecule has 0 aromatic heterocycles. The largest absolute Gasteiger partial charge is 0.754 e. The topological polar surface area (TPSA) is 93.6 Å². The maximum atomic E-state index is 10.6. The zero-order chi connectivity index (χ0) is 8.27. The quantitative estimate of drug-likeness (QED) is 0.495. The number of nitrogens with zero attached hydrogens (tertiary/aromatic N) is 1. The van der Waals surface area contributed by atoms with Gasteiger partial charge >= 0.3 is 6.03 Å². The number of urea groups is 1. The van der Waals surface area contributed by atoms with Crippen LogP contribution in [0.4, 0.5) is 4.79 Å². The van der Waals surface area contributed by atoms with Crippen LogP contribution in [0.3, 0.4) is 0 Å². The van der Waals surface area contributed by atoms with E-state index in [0.717, 1.165) is 0 Å². The fourth-order valence-corrected chi connectivity index (χ4v) is 1.01. The van der Waals surface area contributed by atoms with Gasteiger partial charge in [0.25, 0.3) is 0 Å². The van der Waals surface area contributed by atoms with Crippen LogP contribution in [-0.4, -0.2) is 27.2 Å². The predicted octanol–water partition coefficient (Wildman–Crippen LogP) is -1.12. The normalized spacial score (nSPS) is 24.1. The molecule has 0 aliphatic carbocycles. The Kier molecular flexibility index (Phi) is 2.55. The summed E-state index contributed by atoms with van der Waals surface area (Å²) in [6.45, 7) is 0.419. The molecule has 62 valence electrons. The molecule has 11 heavy (non-hydrogen) atoms. The van der Waals surface area contributed by atoms with Crippen molar-refractivity contribution in [1.82, 2.24) is 10.6 Å². The molecule has 7 heteroatoms. The second-order valence-corrected chi connectivity index (χ2v) is 2.50. The van der Waals surface area contributed by atoms with Gasteiger partial charge in [-0.1, -0.05) is 0 Å². The summed E-state index contributed by atoms with van der Waals surface area (Å²) in [5.41, 5.74) is 0. The SMILES string of the molecule is O=C1NCCC(=NS(=O)[O-])N1. The fraction of sp³-hybridized carbons (Fsp3) is 0.500. The van der Waals surface area contributed by atoms with Gasteiger partial charge in [-0.2, -0.15) is 4.40 Å². The highest BCUT2D eigenvalue weighted by Gasteiger charge is 2.11. The molecule has 0 spiro atoms. The molecule has 1 atom stereocenters. The Morgan fingerprint density at radius 2 is 2.36 bits per heavy atom. The van der Waals surface area contributed by atoms with E-state index in [2.05, 4.69) is 15.0 Å². The van der Waals surface area contributed by atoms with Crippen LogP contribution >= 0.6 is 0 Å². The number of hydrogen-bond acceptors (Lipinski definition) is 3. The Balaban J connectivity index is 2.59. The maximum Gasteiger partial charge on any atom is 0.320 e. The summed E-state index contributed by atoms with van der Waals surface area (Å²) in [5.74, 6) is 0.182. The van der Waals surface area contributed by atoms with Gasteiger partial charge in [-0.3, -0.25) is 9.53 Å². The van der Waals surface area contributed by atoms with Gasteiger partial charge in [-0.15, -0.1) is 0 Å². The van der Waals surface area contributed by atoms with Crippen molar-refractivity contribution in [3.63, 3.8) is 0 Å². The average molecular weight is 176 g/mol. The van der Waals surface area contributed by atoms with E-state index in [1.165, 1.54) is 0 Å². The van der Waals surface area contributed by atoms with Crippen LogP contribution in [0, 0.1) is 0 Å². The summed E-state index contributed by atoms with van der Waals surface area (Å²) in [6, 6.07) is -0.416. The van der Waals surface area contributed by atoms with E-state index in [0.29, 0.717) is 13.0 Å². The molecule has 0 radical (unpaired) electrons.